The van der Waals surface area contributed by atoms with Crippen LogP contribution in [-0.2, 0) is 20.9 Å². The van der Waals surface area contributed by atoms with Gasteiger partial charge in [-0.1, -0.05) is 39.7 Å². The highest BCUT2D eigenvalue weighted by molar-refractivity contribution is 9.10. The summed E-state index contributed by atoms with van der Waals surface area (Å²) in [4.78, 5) is 39.0. The molecule has 1 saturated heterocycles. The quantitative estimate of drug-likeness (QED) is 0.395. The van der Waals surface area contributed by atoms with E-state index >= 15 is 0 Å². The van der Waals surface area contributed by atoms with Crippen molar-refractivity contribution in [3.05, 3.63) is 87.4 Å². The minimum Gasteiger partial charge on any atom is -0.484 e. The van der Waals surface area contributed by atoms with Gasteiger partial charge in [0.05, 0.1) is 5.92 Å². The zero-order valence-corrected chi connectivity index (χ0v) is 21.9. The van der Waals surface area contributed by atoms with Crippen LogP contribution in [0.5, 0.6) is 5.75 Å². The molecule has 1 fully saturated rings. The Bertz CT molecular complexity index is 1270. The second kappa shape index (κ2) is 11.6. The van der Waals surface area contributed by atoms with Crippen LogP contribution in [0, 0.1) is 12.8 Å². The lowest BCUT2D eigenvalue weighted by Gasteiger charge is -2.17. The number of nitrogens with zero attached hydrogens (tertiary/aromatic N) is 1. The van der Waals surface area contributed by atoms with E-state index in [0.717, 1.165) is 21.3 Å². The Morgan fingerprint density at radius 2 is 1.81 bits per heavy atom. The molecule has 1 aliphatic heterocycles. The molecule has 3 aromatic carbocycles. The number of amides is 3. The van der Waals surface area contributed by atoms with Gasteiger partial charge >= 0.3 is 0 Å². The van der Waals surface area contributed by atoms with Gasteiger partial charge in [0, 0.05) is 40.4 Å². The van der Waals surface area contributed by atoms with Gasteiger partial charge in [-0.05, 0) is 72.6 Å². The van der Waals surface area contributed by atoms with Crippen LogP contribution in [-0.4, -0.2) is 30.9 Å². The van der Waals surface area contributed by atoms with E-state index in [2.05, 4.69) is 26.6 Å². The summed E-state index contributed by atoms with van der Waals surface area (Å²) in [6.45, 7) is 2.45. The first-order valence-electron chi connectivity index (χ1n) is 11.4. The molecule has 186 valence electrons. The second-order valence-electron chi connectivity index (χ2n) is 8.54. The van der Waals surface area contributed by atoms with Crippen molar-refractivity contribution in [1.29, 1.82) is 0 Å². The standard InChI is InChI=1S/C27H25BrClN3O4/c1-17-12-20(28)4-11-24(17)31-25(33)16-36-23-9-7-22(8-10-23)32-15-19(13-26(32)34)27(35)30-14-18-2-5-21(29)6-3-18/h2-12,19H,13-16H2,1H3,(H,30,35)(H,31,33)/t19-/m1/s1. The number of rotatable bonds is 8. The van der Waals surface area contributed by atoms with Crippen LogP contribution in [0.4, 0.5) is 11.4 Å². The van der Waals surface area contributed by atoms with Crippen molar-refractivity contribution >= 4 is 56.6 Å². The van der Waals surface area contributed by atoms with E-state index in [0.29, 0.717) is 29.5 Å². The molecule has 36 heavy (non-hydrogen) atoms. The minimum absolute atomic E-state index is 0.112. The lowest BCUT2D eigenvalue weighted by atomic mass is 10.1. The normalized spacial score (nSPS) is 15.0. The van der Waals surface area contributed by atoms with Crippen molar-refractivity contribution < 1.29 is 19.1 Å². The largest absolute Gasteiger partial charge is 0.484 e. The number of anilines is 2. The molecule has 4 rings (SSSR count). The number of benzene rings is 3. The smallest absolute Gasteiger partial charge is 0.262 e. The van der Waals surface area contributed by atoms with Crippen LogP contribution in [0.25, 0.3) is 0 Å². The molecule has 3 amide bonds. The lowest BCUT2D eigenvalue weighted by molar-refractivity contribution is -0.126. The Morgan fingerprint density at radius 1 is 1.08 bits per heavy atom. The Balaban J connectivity index is 1.27. The van der Waals surface area contributed by atoms with Crippen LogP contribution in [0.3, 0.4) is 0 Å². The molecular formula is C27H25BrClN3O4. The molecule has 0 aromatic heterocycles. The van der Waals surface area contributed by atoms with Crippen LogP contribution in [0.15, 0.2) is 71.2 Å². The highest BCUT2D eigenvalue weighted by atomic mass is 79.9. The van der Waals surface area contributed by atoms with Crippen LogP contribution in [0.2, 0.25) is 5.02 Å². The summed E-state index contributed by atoms with van der Waals surface area (Å²) in [5.41, 5.74) is 3.27. The van der Waals surface area contributed by atoms with Gasteiger partial charge in [0.1, 0.15) is 5.75 Å². The molecule has 0 bridgehead atoms. The number of ether oxygens (including phenoxy) is 1. The highest BCUT2D eigenvalue weighted by Gasteiger charge is 2.35. The fourth-order valence-corrected chi connectivity index (χ4v) is 4.49. The maximum absolute atomic E-state index is 12.6. The molecule has 0 aliphatic carbocycles. The number of carbonyl (C=O) groups excluding carboxylic acids is 3. The zero-order valence-electron chi connectivity index (χ0n) is 19.6. The molecule has 0 saturated carbocycles. The predicted octanol–water partition coefficient (Wildman–Crippen LogP) is 5.10. The molecule has 0 spiro atoms. The van der Waals surface area contributed by atoms with Crippen LogP contribution in [0.1, 0.15) is 17.5 Å². The number of halogens is 2. The molecule has 1 heterocycles. The van der Waals surface area contributed by atoms with E-state index in [9.17, 15) is 14.4 Å². The number of aryl methyl sites for hydroxylation is 1. The average molecular weight is 571 g/mol. The predicted molar refractivity (Wildman–Crippen MR) is 143 cm³/mol. The molecule has 0 radical (unpaired) electrons. The number of hydrogen-bond donors (Lipinski definition) is 2. The van der Waals surface area contributed by atoms with Gasteiger partial charge in [0.2, 0.25) is 11.8 Å². The Kier molecular flexibility index (Phi) is 8.28. The minimum atomic E-state index is -0.425. The third-order valence-corrected chi connectivity index (χ3v) is 6.60. The first kappa shape index (κ1) is 25.7. The number of nitrogens with one attached hydrogen (secondary N) is 2. The Hall–Kier alpha value is -3.36. The van der Waals surface area contributed by atoms with E-state index in [1.807, 2.05) is 37.3 Å². The Morgan fingerprint density at radius 3 is 2.50 bits per heavy atom. The maximum Gasteiger partial charge on any atom is 0.262 e. The van der Waals surface area contributed by atoms with Crippen molar-refractivity contribution in [2.45, 2.75) is 19.9 Å². The van der Waals surface area contributed by atoms with E-state index < -0.39 is 5.92 Å². The van der Waals surface area contributed by atoms with E-state index in [1.54, 1.807) is 41.3 Å². The van der Waals surface area contributed by atoms with E-state index in [4.69, 9.17) is 16.3 Å². The van der Waals surface area contributed by atoms with Gasteiger partial charge in [0.15, 0.2) is 6.61 Å². The fourth-order valence-electron chi connectivity index (χ4n) is 3.89. The summed E-state index contributed by atoms with van der Waals surface area (Å²) in [7, 11) is 0. The van der Waals surface area contributed by atoms with Crippen molar-refractivity contribution in [2.24, 2.45) is 5.92 Å². The Labute approximate surface area is 222 Å². The van der Waals surface area contributed by atoms with Gasteiger partial charge in [-0.3, -0.25) is 14.4 Å². The van der Waals surface area contributed by atoms with Gasteiger partial charge in [0.25, 0.3) is 5.91 Å². The third kappa shape index (κ3) is 6.65. The van der Waals surface area contributed by atoms with Gasteiger partial charge in [-0.25, -0.2) is 0 Å². The summed E-state index contributed by atoms with van der Waals surface area (Å²) < 4.78 is 6.53. The fraction of sp³-hybridized carbons (Fsp3) is 0.222. The third-order valence-electron chi connectivity index (χ3n) is 5.86. The molecular weight excluding hydrogens is 546 g/mol. The average Bonchev–Trinajstić information content (AvgIpc) is 3.26. The topological polar surface area (TPSA) is 87.7 Å². The SMILES string of the molecule is Cc1cc(Br)ccc1NC(=O)COc1ccc(N2C[C@H](C(=O)NCc3ccc(Cl)cc3)CC2=O)cc1. The van der Waals surface area contributed by atoms with Crippen LogP contribution < -0.4 is 20.3 Å². The molecule has 1 aliphatic rings. The van der Waals surface area contributed by atoms with E-state index in [-0.39, 0.29) is 30.7 Å². The monoisotopic (exact) mass is 569 g/mol. The van der Waals surface area contributed by atoms with Gasteiger partial charge < -0.3 is 20.3 Å². The molecule has 1 atom stereocenters. The summed E-state index contributed by atoms with van der Waals surface area (Å²) in [6.07, 6.45) is 0.153. The van der Waals surface area contributed by atoms with Crippen molar-refractivity contribution in [2.75, 3.05) is 23.4 Å². The van der Waals surface area contributed by atoms with Gasteiger partial charge in [-0.15, -0.1) is 0 Å². The maximum atomic E-state index is 12.6. The van der Waals surface area contributed by atoms with Crippen molar-refractivity contribution in [3.63, 3.8) is 0 Å². The summed E-state index contributed by atoms with van der Waals surface area (Å²) in [6, 6.07) is 19.7. The number of hydrogen-bond acceptors (Lipinski definition) is 4. The molecule has 7 nitrogen and oxygen atoms in total. The molecule has 2 N–H and O–H groups in total. The second-order valence-corrected chi connectivity index (χ2v) is 9.89. The van der Waals surface area contributed by atoms with Gasteiger partial charge in [-0.2, -0.15) is 0 Å². The lowest BCUT2D eigenvalue weighted by Crippen LogP contribution is -2.32. The van der Waals surface area contributed by atoms with Crippen LogP contribution >= 0.6 is 27.5 Å². The summed E-state index contributed by atoms with van der Waals surface area (Å²) in [5, 5.41) is 6.36. The molecule has 0 unspecified atom stereocenters. The van der Waals surface area contributed by atoms with Crippen molar-refractivity contribution in [3.8, 4) is 5.75 Å². The molecule has 9 heteroatoms. The number of carbonyl (C=O) groups is 3. The first-order valence-corrected chi connectivity index (χ1v) is 12.6. The molecule has 3 aromatic rings. The zero-order chi connectivity index (χ0) is 25.7. The van der Waals surface area contributed by atoms with E-state index in [1.165, 1.54) is 0 Å². The highest BCUT2D eigenvalue weighted by Crippen LogP contribution is 2.27. The summed E-state index contributed by atoms with van der Waals surface area (Å²) in [5.74, 6) is -0.462. The van der Waals surface area contributed by atoms with Crippen molar-refractivity contribution in [1.82, 2.24) is 5.32 Å². The summed E-state index contributed by atoms with van der Waals surface area (Å²) >= 11 is 9.29. The first-order chi connectivity index (χ1) is 17.3.